The smallest absolute Gasteiger partial charge is 0.341 e. The summed E-state index contributed by atoms with van der Waals surface area (Å²) in [5.41, 5.74) is 0.703. The van der Waals surface area contributed by atoms with E-state index < -0.39 is 5.97 Å². The van der Waals surface area contributed by atoms with Crippen molar-refractivity contribution in [3.63, 3.8) is 0 Å². The lowest BCUT2D eigenvalue weighted by Crippen LogP contribution is -2.00. The lowest BCUT2D eigenvalue weighted by Gasteiger charge is -1.95. The lowest BCUT2D eigenvalue weighted by molar-refractivity contribution is 0.0695. The summed E-state index contributed by atoms with van der Waals surface area (Å²) >= 11 is 1.47. The van der Waals surface area contributed by atoms with Crippen molar-refractivity contribution in [1.29, 1.82) is 0 Å². The van der Waals surface area contributed by atoms with Crippen LogP contribution < -0.4 is 0 Å². The zero-order valence-corrected chi connectivity index (χ0v) is 9.16. The first kappa shape index (κ1) is 9.59. The van der Waals surface area contributed by atoms with Crippen LogP contribution in [0.1, 0.15) is 34.9 Å². The fourth-order valence-electron chi connectivity index (χ4n) is 1.72. The van der Waals surface area contributed by atoms with Gasteiger partial charge in [-0.1, -0.05) is 11.2 Å². The van der Waals surface area contributed by atoms with Gasteiger partial charge in [-0.2, -0.15) is 0 Å². The fourth-order valence-corrected chi connectivity index (χ4v) is 2.43. The molecule has 0 bridgehead atoms. The van der Waals surface area contributed by atoms with Gasteiger partial charge in [-0.15, -0.1) is 11.3 Å². The first-order valence-electron chi connectivity index (χ1n) is 5.04. The molecule has 0 atom stereocenters. The molecule has 5 heteroatoms. The van der Waals surface area contributed by atoms with E-state index in [1.807, 2.05) is 17.5 Å². The minimum Gasteiger partial charge on any atom is -0.477 e. The van der Waals surface area contributed by atoms with Crippen LogP contribution in [0.15, 0.2) is 22.0 Å². The summed E-state index contributed by atoms with van der Waals surface area (Å²) in [6, 6.07) is 3.72. The van der Waals surface area contributed by atoms with E-state index >= 15 is 0 Å². The van der Waals surface area contributed by atoms with Gasteiger partial charge in [-0.05, 0) is 24.3 Å². The van der Waals surface area contributed by atoms with E-state index in [0.29, 0.717) is 11.5 Å². The number of rotatable bonds is 3. The van der Waals surface area contributed by atoms with E-state index in [1.165, 1.54) is 11.3 Å². The Labute approximate surface area is 95.5 Å². The van der Waals surface area contributed by atoms with E-state index in [0.717, 1.165) is 17.7 Å². The van der Waals surface area contributed by atoms with E-state index in [4.69, 9.17) is 4.52 Å². The topological polar surface area (TPSA) is 63.3 Å². The molecule has 0 unspecified atom stereocenters. The molecule has 1 saturated carbocycles. The molecule has 4 nitrogen and oxygen atoms in total. The zero-order chi connectivity index (χ0) is 11.1. The van der Waals surface area contributed by atoms with Crippen molar-refractivity contribution >= 4 is 17.3 Å². The lowest BCUT2D eigenvalue weighted by atomic mass is 10.1. The van der Waals surface area contributed by atoms with Gasteiger partial charge in [0.25, 0.3) is 0 Å². The Morgan fingerprint density at radius 3 is 2.94 bits per heavy atom. The molecule has 1 fully saturated rings. The second-order valence-electron chi connectivity index (χ2n) is 3.83. The third-order valence-corrected chi connectivity index (χ3v) is 3.51. The number of aromatic nitrogens is 1. The maximum Gasteiger partial charge on any atom is 0.341 e. The monoisotopic (exact) mass is 235 g/mol. The van der Waals surface area contributed by atoms with E-state index in [1.54, 1.807) is 0 Å². The molecule has 0 saturated heterocycles. The quantitative estimate of drug-likeness (QED) is 0.888. The van der Waals surface area contributed by atoms with Gasteiger partial charge in [0.1, 0.15) is 11.3 Å². The highest BCUT2D eigenvalue weighted by atomic mass is 32.1. The third kappa shape index (κ3) is 1.44. The van der Waals surface area contributed by atoms with Crippen molar-refractivity contribution < 1.29 is 14.4 Å². The van der Waals surface area contributed by atoms with E-state index in [-0.39, 0.29) is 11.5 Å². The molecule has 0 radical (unpaired) electrons. The number of carbonyl (C=O) groups is 1. The number of thiophene rings is 1. The van der Waals surface area contributed by atoms with Crippen molar-refractivity contribution in [2.45, 2.75) is 18.8 Å². The number of aromatic carboxylic acids is 1. The summed E-state index contributed by atoms with van der Waals surface area (Å²) in [5.74, 6) is -0.158. The number of hydrogen-bond acceptors (Lipinski definition) is 4. The van der Waals surface area contributed by atoms with Gasteiger partial charge < -0.3 is 9.63 Å². The van der Waals surface area contributed by atoms with Crippen LogP contribution in [-0.2, 0) is 0 Å². The van der Waals surface area contributed by atoms with Crippen LogP contribution in [0.3, 0.4) is 0 Å². The average Bonchev–Trinajstić information content (AvgIpc) is 2.83. The predicted molar refractivity (Wildman–Crippen MR) is 58.8 cm³/mol. The summed E-state index contributed by atoms with van der Waals surface area (Å²) in [4.78, 5) is 12.1. The van der Waals surface area contributed by atoms with Gasteiger partial charge in [0.15, 0.2) is 5.76 Å². The van der Waals surface area contributed by atoms with Crippen LogP contribution in [-0.4, -0.2) is 16.2 Å². The molecule has 3 rings (SSSR count). The molecule has 0 aromatic carbocycles. The van der Waals surface area contributed by atoms with E-state index in [2.05, 4.69) is 5.16 Å². The van der Waals surface area contributed by atoms with Crippen molar-refractivity contribution in [2.75, 3.05) is 0 Å². The van der Waals surface area contributed by atoms with Crippen LogP contribution in [0.25, 0.3) is 10.6 Å². The van der Waals surface area contributed by atoms with Gasteiger partial charge in [0.2, 0.25) is 0 Å². The van der Waals surface area contributed by atoms with Crippen LogP contribution >= 0.6 is 11.3 Å². The Hall–Kier alpha value is -1.62. The van der Waals surface area contributed by atoms with Crippen LogP contribution in [0.4, 0.5) is 0 Å². The summed E-state index contributed by atoms with van der Waals surface area (Å²) in [7, 11) is 0. The SMILES string of the molecule is O=C(O)c1c(-c2cccs2)noc1C1CC1. The number of nitrogens with zero attached hydrogens (tertiary/aromatic N) is 1. The first-order chi connectivity index (χ1) is 7.77. The zero-order valence-electron chi connectivity index (χ0n) is 8.34. The van der Waals surface area contributed by atoms with Crippen molar-refractivity contribution in [2.24, 2.45) is 0 Å². The molecule has 0 aliphatic heterocycles. The Kier molecular flexibility index (Phi) is 2.07. The Morgan fingerprint density at radius 1 is 1.56 bits per heavy atom. The van der Waals surface area contributed by atoms with E-state index in [9.17, 15) is 9.90 Å². The van der Waals surface area contributed by atoms with Crippen molar-refractivity contribution in [3.8, 4) is 10.6 Å². The van der Waals surface area contributed by atoms with Crippen LogP contribution in [0.5, 0.6) is 0 Å². The molecule has 2 aromatic heterocycles. The summed E-state index contributed by atoms with van der Waals surface area (Å²) in [6.45, 7) is 0. The minimum atomic E-state index is -0.952. The molecular weight excluding hydrogens is 226 g/mol. The summed E-state index contributed by atoms with van der Waals surface area (Å²) < 4.78 is 5.18. The van der Waals surface area contributed by atoms with Gasteiger partial charge in [0.05, 0.1) is 4.88 Å². The highest BCUT2D eigenvalue weighted by molar-refractivity contribution is 7.13. The third-order valence-electron chi connectivity index (χ3n) is 2.64. The second kappa shape index (κ2) is 3.45. The molecule has 1 aliphatic rings. The molecule has 82 valence electrons. The molecule has 2 heterocycles. The van der Waals surface area contributed by atoms with Gasteiger partial charge >= 0.3 is 5.97 Å². The van der Waals surface area contributed by atoms with Crippen LogP contribution in [0, 0.1) is 0 Å². The number of hydrogen-bond donors (Lipinski definition) is 1. The predicted octanol–water partition coefficient (Wildman–Crippen LogP) is 2.98. The maximum atomic E-state index is 11.2. The van der Waals surface area contributed by atoms with Gasteiger partial charge in [0, 0.05) is 5.92 Å². The number of carboxylic acids is 1. The summed E-state index contributed by atoms with van der Waals surface area (Å²) in [5, 5.41) is 15.0. The fraction of sp³-hybridized carbons (Fsp3) is 0.273. The highest BCUT2D eigenvalue weighted by Gasteiger charge is 2.35. The number of carboxylic acid groups (broad SMARTS) is 1. The highest BCUT2D eigenvalue weighted by Crippen LogP contribution is 2.44. The van der Waals surface area contributed by atoms with Crippen LogP contribution in [0.2, 0.25) is 0 Å². The molecule has 16 heavy (non-hydrogen) atoms. The molecule has 0 spiro atoms. The van der Waals surface area contributed by atoms with Gasteiger partial charge in [-0.25, -0.2) is 4.79 Å². The normalized spacial score (nSPS) is 15.2. The largest absolute Gasteiger partial charge is 0.477 e. The Bertz CT molecular complexity index is 525. The van der Waals surface area contributed by atoms with Crippen molar-refractivity contribution in [1.82, 2.24) is 5.16 Å². The summed E-state index contributed by atoms with van der Waals surface area (Å²) in [6.07, 6.45) is 2.00. The first-order valence-corrected chi connectivity index (χ1v) is 5.92. The molecule has 2 aromatic rings. The molecule has 1 aliphatic carbocycles. The standard InChI is InChI=1S/C11H9NO3S/c13-11(14)8-9(7-2-1-5-16-7)12-15-10(8)6-3-4-6/h1-2,5-6H,3-4H2,(H,13,14). The minimum absolute atomic E-state index is 0.241. The maximum absolute atomic E-state index is 11.2. The van der Waals surface area contributed by atoms with Gasteiger partial charge in [-0.3, -0.25) is 0 Å². The Balaban J connectivity index is 2.14. The average molecular weight is 235 g/mol. The molecular formula is C11H9NO3S. The molecule has 0 amide bonds. The Morgan fingerprint density at radius 2 is 2.38 bits per heavy atom. The second-order valence-corrected chi connectivity index (χ2v) is 4.77. The molecule has 1 N–H and O–H groups in total. The van der Waals surface area contributed by atoms with Crippen molar-refractivity contribution in [3.05, 3.63) is 28.8 Å².